The molecule has 1 aliphatic rings. The van der Waals surface area contributed by atoms with Gasteiger partial charge in [-0.05, 0) is 41.6 Å². The van der Waals surface area contributed by atoms with Crippen LogP contribution in [0.15, 0.2) is 29.4 Å². The van der Waals surface area contributed by atoms with E-state index in [4.69, 9.17) is 17.0 Å². The summed E-state index contributed by atoms with van der Waals surface area (Å²) < 4.78 is 5.53. The van der Waals surface area contributed by atoms with Gasteiger partial charge in [-0.25, -0.2) is 0 Å². The van der Waals surface area contributed by atoms with Gasteiger partial charge in [0.15, 0.2) is 5.11 Å². The Morgan fingerprint density at radius 3 is 2.68 bits per heavy atom. The predicted molar refractivity (Wildman–Crippen MR) is 95.4 cm³/mol. The molecular formula is C17H25N3OS. The minimum absolute atomic E-state index is 0.168. The highest BCUT2D eigenvalue weighted by Gasteiger charge is 2.15. The number of hydrazone groups is 1. The minimum Gasteiger partial charge on any atom is -0.376 e. The van der Waals surface area contributed by atoms with E-state index in [0.717, 1.165) is 31.6 Å². The normalized spacial score (nSPS) is 18.6. The fourth-order valence-corrected chi connectivity index (χ4v) is 2.42. The molecule has 1 atom stereocenters. The molecule has 0 radical (unpaired) electrons. The Hall–Kier alpha value is -1.46. The highest BCUT2D eigenvalue weighted by atomic mass is 32.1. The Morgan fingerprint density at radius 2 is 2.09 bits per heavy atom. The van der Waals surface area contributed by atoms with Gasteiger partial charge in [0.25, 0.3) is 0 Å². The van der Waals surface area contributed by atoms with E-state index in [0.29, 0.717) is 5.11 Å². The summed E-state index contributed by atoms with van der Waals surface area (Å²) in [6, 6.07) is 8.40. The van der Waals surface area contributed by atoms with Crippen molar-refractivity contribution in [2.24, 2.45) is 5.10 Å². The minimum atomic E-state index is 0.168. The van der Waals surface area contributed by atoms with Gasteiger partial charge < -0.3 is 10.1 Å². The maximum Gasteiger partial charge on any atom is 0.187 e. The molecule has 1 aliphatic heterocycles. The van der Waals surface area contributed by atoms with Crippen molar-refractivity contribution in [2.45, 2.75) is 45.1 Å². The third kappa shape index (κ3) is 5.39. The summed E-state index contributed by atoms with van der Waals surface area (Å²) in [5, 5.41) is 7.81. The van der Waals surface area contributed by atoms with Crippen molar-refractivity contribution in [3.05, 3.63) is 35.4 Å². The zero-order valence-corrected chi connectivity index (χ0v) is 14.4. The molecule has 0 bridgehead atoms. The molecule has 22 heavy (non-hydrogen) atoms. The van der Waals surface area contributed by atoms with E-state index in [1.807, 2.05) is 0 Å². The summed E-state index contributed by atoms with van der Waals surface area (Å²) in [4.78, 5) is 0. The van der Waals surface area contributed by atoms with E-state index in [1.165, 1.54) is 5.56 Å². The first kappa shape index (κ1) is 16.9. The Bertz CT molecular complexity index is 514. The van der Waals surface area contributed by atoms with Gasteiger partial charge in [-0.15, -0.1) is 0 Å². The van der Waals surface area contributed by atoms with Crippen molar-refractivity contribution in [3.8, 4) is 0 Å². The average Bonchev–Trinajstić information content (AvgIpc) is 2.98. The summed E-state index contributed by atoms with van der Waals surface area (Å²) in [6.07, 6.45) is 4.27. The van der Waals surface area contributed by atoms with Crippen molar-refractivity contribution in [3.63, 3.8) is 0 Å². The van der Waals surface area contributed by atoms with E-state index in [-0.39, 0.29) is 11.5 Å². The number of rotatable bonds is 4. The number of nitrogens with zero attached hydrogens (tertiary/aromatic N) is 1. The van der Waals surface area contributed by atoms with Gasteiger partial charge in [-0.3, -0.25) is 5.43 Å². The smallest absolute Gasteiger partial charge is 0.187 e. The molecule has 5 heteroatoms. The van der Waals surface area contributed by atoms with Crippen LogP contribution in [0.3, 0.4) is 0 Å². The maximum absolute atomic E-state index is 5.53. The van der Waals surface area contributed by atoms with Crippen LogP contribution < -0.4 is 10.7 Å². The van der Waals surface area contributed by atoms with Crippen LogP contribution in [0.2, 0.25) is 0 Å². The first-order valence-corrected chi connectivity index (χ1v) is 8.15. The standard InChI is InChI=1S/C17H25N3OS/c1-17(2,3)14-8-6-13(7-9-14)11-19-20-16(22)18-12-15-5-4-10-21-15/h6-9,11,15H,4-5,10,12H2,1-3H3,(H2,18,20,22). The van der Waals surface area contributed by atoms with Crippen molar-refractivity contribution in [2.75, 3.05) is 13.2 Å². The quantitative estimate of drug-likeness (QED) is 0.509. The number of hydrogen-bond acceptors (Lipinski definition) is 3. The lowest BCUT2D eigenvalue weighted by Gasteiger charge is -2.18. The van der Waals surface area contributed by atoms with E-state index in [9.17, 15) is 0 Å². The summed E-state index contributed by atoms with van der Waals surface area (Å²) in [5.74, 6) is 0. The van der Waals surface area contributed by atoms with E-state index >= 15 is 0 Å². The Balaban J connectivity index is 1.75. The lowest BCUT2D eigenvalue weighted by molar-refractivity contribution is 0.114. The van der Waals surface area contributed by atoms with Gasteiger partial charge in [0.2, 0.25) is 0 Å². The van der Waals surface area contributed by atoms with Crippen molar-refractivity contribution < 1.29 is 4.74 Å². The van der Waals surface area contributed by atoms with E-state index < -0.39 is 0 Å². The van der Waals surface area contributed by atoms with Gasteiger partial charge >= 0.3 is 0 Å². The second-order valence-corrected chi connectivity index (χ2v) is 7.00. The molecule has 0 saturated carbocycles. The maximum atomic E-state index is 5.53. The third-order valence-electron chi connectivity index (χ3n) is 3.67. The van der Waals surface area contributed by atoms with Crippen molar-refractivity contribution >= 4 is 23.5 Å². The molecule has 4 nitrogen and oxygen atoms in total. The molecule has 2 N–H and O–H groups in total. The molecule has 120 valence electrons. The van der Waals surface area contributed by atoms with Crippen LogP contribution in [-0.2, 0) is 10.2 Å². The van der Waals surface area contributed by atoms with Crippen LogP contribution in [0.4, 0.5) is 0 Å². The number of benzene rings is 1. The van der Waals surface area contributed by atoms with Crippen LogP contribution in [0, 0.1) is 0 Å². The Kier molecular flexibility index (Phi) is 5.91. The number of ether oxygens (including phenoxy) is 1. The topological polar surface area (TPSA) is 45.7 Å². The van der Waals surface area contributed by atoms with Gasteiger partial charge in [0.05, 0.1) is 12.3 Å². The SMILES string of the molecule is CC(C)(C)c1ccc(C=NNC(=S)NCC2CCCO2)cc1. The molecule has 2 rings (SSSR count). The molecule has 0 aromatic heterocycles. The van der Waals surface area contributed by atoms with Crippen LogP contribution in [-0.4, -0.2) is 30.6 Å². The van der Waals surface area contributed by atoms with E-state index in [1.54, 1.807) is 6.21 Å². The summed E-state index contributed by atoms with van der Waals surface area (Å²) in [6.45, 7) is 8.21. The molecule has 1 unspecified atom stereocenters. The van der Waals surface area contributed by atoms with Crippen LogP contribution >= 0.6 is 12.2 Å². The van der Waals surface area contributed by atoms with Gasteiger partial charge in [-0.2, -0.15) is 5.10 Å². The second kappa shape index (κ2) is 7.70. The van der Waals surface area contributed by atoms with Gasteiger partial charge in [0.1, 0.15) is 0 Å². The second-order valence-electron chi connectivity index (χ2n) is 6.59. The molecule has 0 spiro atoms. The lowest BCUT2D eigenvalue weighted by Crippen LogP contribution is -2.37. The fraction of sp³-hybridized carbons (Fsp3) is 0.529. The summed E-state index contributed by atoms with van der Waals surface area (Å²) in [7, 11) is 0. The molecule has 0 amide bonds. The molecular weight excluding hydrogens is 294 g/mol. The van der Waals surface area contributed by atoms with Crippen molar-refractivity contribution in [1.29, 1.82) is 0 Å². The van der Waals surface area contributed by atoms with Crippen LogP contribution in [0.25, 0.3) is 0 Å². The van der Waals surface area contributed by atoms with Crippen LogP contribution in [0.1, 0.15) is 44.7 Å². The zero-order valence-electron chi connectivity index (χ0n) is 13.6. The Labute approximate surface area is 138 Å². The van der Waals surface area contributed by atoms with Gasteiger partial charge in [0, 0.05) is 13.2 Å². The van der Waals surface area contributed by atoms with Crippen molar-refractivity contribution in [1.82, 2.24) is 10.7 Å². The predicted octanol–water partition coefficient (Wildman–Crippen LogP) is 2.96. The highest BCUT2D eigenvalue weighted by molar-refractivity contribution is 7.80. The largest absolute Gasteiger partial charge is 0.376 e. The molecule has 0 aliphatic carbocycles. The van der Waals surface area contributed by atoms with Gasteiger partial charge in [-0.1, -0.05) is 45.0 Å². The van der Waals surface area contributed by atoms with Crippen LogP contribution in [0.5, 0.6) is 0 Å². The first-order chi connectivity index (χ1) is 10.4. The number of nitrogens with one attached hydrogen (secondary N) is 2. The monoisotopic (exact) mass is 319 g/mol. The molecule has 1 aromatic carbocycles. The van der Waals surface area contributed by atoms with E-state index in [2.05, 4.69) is 60.9 Å². The summed E-state index contributed by atoms with van der Waals surface area (Å²) in [5.41, 5.74) is 5.36. The lowest BCUT2D eigenvalue weighted by atomic mass is 9.87. The highest BCUT2D eigenvalue weighted by Crippen LogP contribution is 2.21. The summed E-state index contributed by atoms with van der Waals surface area (Å²) >= 11 is 5.18. The number of thiocarbonyl (C=S) groups is 1. The molecule has 1 heterocycles. The molecule has 1 aromatic rings. The molecule has 1 saturated heterocycles. The Morgan fingerprint density at radius 1 is 1.36 bits per heavy atom. The first-order valence-electron chi connectivity index (χ1n) is 7.74. The average molecular weight is 319 g/mol. The fourth-order valence-electron chi connectivity index (χ4n) is 2.29. The third-order valence-corrected chi connectivity index (χ3v) is 3.91. The molecule has 1 fully saturated rings. The zero-order chi connectivity index (χ0) is 16.0. The number of hydrogen-bond donors (Lipinski definition) is 2.